The van der Waals surface area contributed by atoms with Crippen molar-refractivity contribution in [3.05, 3.63) is 82.8 Å². The smallest absolute Gasteiger partial charge is 0.328 e. The van der Waals surface area contributed by atoms with E-state index in [9.17, 15) is 19.2 Å². The van der Waals surface area contributed by atoms with Crippen LogP contribution in [0, 0.1) is 11.3 Å². The third-order valence-corrected chi connectivity index (χ3v) is 12.2. The highest BCUT2D eigenvalue weighted by Gasteiger charge is 2.30. The molecule has 0 unspecified atom stereocenters. The van der Waals surface area contributed by atoms with Gasteiger partial charge in [0, 0.05) is 74.4 Å². The number of piperidine rings is 1. The van der Waals surface area contributed by atoms with Crippen molar-refractivity contribution in [3.8, 4) is 17.6 Å². The molecule has 3 aliphatic rings. The van der Waals surface area contributed by atoms with E-state index in [1.54, 1.807) is 47.5 Å². The van der Waals surface area contributed by atoms with Crippen molar-refractivity contribution < 1.29 is 28.7 Å². The highest BCUT2D eigenvalue weighted by atomic mass is 35.5. The number of pyridine rings is 1. The zero-order chi connectivity index (χ0) is 42.3. The van der Waals surface area contributed by atoms with Crippen LogP contribution >= 0.6 is 11.6 Å². The summed E-state index contributed by atoms with van der Waals surface area (Å²) in [5.74, 6) is 0.675. The first-order valence-electron chi connectivity index (χ1n) is 21.0. The first-order valence-corrected chi connectivity index (χ1v) is 21.4. The van der Waals surface area contributed by atoms with Gasteiger partial charge in [0.15, 0.2) is 0 Å². The van der Waals surface area contributed by atoms with Gasteiger partial charge in [-0.05, 0) is 114 Å². The molecule has 4 aromatic rings. The van der Waals surface area contributed by atoms with Crippen LogP contribution in [0.25, 0.3) is 10.9 Å². The van der Waals surface area contributed by atoms with Gasteiger partial charge in [-0.25, -0.2) is 9.78 Å². The van der Waals surface area contributed by atoms with Gasteiger partial charge in [0.05, 0.1) is 40.7 Å². The van der Waals surface area contributed by atoms with Gasteiger partial charge in [-0.2, -0.15) is 5.26 Å². The number of hydrogen-bond acceptors (Lipinski definition) is 9. The van der Waals surface area contributed by atoms with Gasteiger partial charge in [-0.1, -0.05) is 11.6 Å². The van der Waals surface area contributed by atoms with E-state index in [0.717, 1.165) is 81.9 Å². The lowest BCUT2D eigenvalue weighted by atomic mass is 9.92. The quantitative estimate of drug-likeness (QED) is 0.126. The number of benzene rings is 2. The number of ether oxygens (including phenoxy) is 2. The minimum atomic E-state index is -0.471. The lowest BCUT2D eigenvalue weighted by Gasteiger charge is -2.37. The van der Waals surface area contributed by atoms with Gasteiger partial charge < -0.3 is 29.2 Å². The number of nitrogens with zero attached hydrogens (tertiary/aromatic N) is 6. The molecule has 5 amide bonds. The number of carbonyl (C=O) groups excluding carboxylic acids is 4. The minimum absolute atomic E-state index is 0.0227. The minimum Gasteiger partial charge on any atom is -0.492 e. The van der Waals surface area contributed by atoms with E-state index in [2.05, 4.69) is 45.0 Å². The molecule has 316 valence electrons. The van der Waals surface area contributed by atoms with Crippen LogP contribution in [0.4, 0.5) is 10.5 Å². The molecule has 60 heavy (non-hydrogen) atoms. The molecule has 2 saturated heterocycles. The molecule has 2 N–H and O–H groups in total. The number of likely N-dealkylation sites (tertiary alicyclic amines) is 1. The molecule has 3 fully saturated rings. The van der Waals surface area contributed by atoms with Crippen LogP contribution in [-0.2, 0) is 4.79 Å². The third kappa shape index (κ3) is 10.0. The number of fused-ring (bicyclic) bond motifs is 1. The molecule has 15 heteroatoms. The van der Waals surface area contributed by atoms with E-state index in [1.807, 2.05) is 30.3 Å². The molecule has 0 bridgehead atoms. The molecule has 1 aliphatic carbocycles. The van der Waals surface area contributed by atoms with Crippen LogP contribution in [0.15, 0.2) is 60.9 Å². The van der Waals surface area contributed by atoms with Gasteiger partial charge in [-0.15, -0.1) is 0 Å². The van der Waals surface area contributed by atoms with E-state index >= 15 is 0 Å². The first-order chi connectivity index (χ1) is 29.0. The number of halogens is 1. The Hall–Kier alpha value is -5.65. The van der Waals surface area contributed by atoms with Crippen molar-refractivity contribution >= 4 is 51.9 Å². The number of hydrogen-bond donors (Lipinski definition) is 2. The average Bonchev–Trinajstić information content (AvgIpc) is 3.69. The Labute approximate surface area is 355 Å². The Morgan fingerprint density at radius 3 is 2.45 bits per heavy atom. The Bertz CT molecular complexity index is 2240. The number of amides is 5. The van der Waals surface area contributed by atoms with Gasteiger partial charge in [-0.3, -0.25) is 24.6 Å². The van der Waals surface area contributed by atoms with Crippen LogP contribution in [0.1, 0.15) is 104 Å². The summed E-state index contributed by atoms with van der Waals surface area (Å²) in [5, 5.41) is 15.8. The number of nitrogens with one attached hydrogen (secondary N) is 2. The Morgan fingerprint density at radius 1 is 1.00 bits per heavy atom. The molecule has 0 radical (unpaired) electrons. The van der Waals surface area contributed by atoms with Crippen molar-refractivity contribution in [2.24, 2.45) is 0 Å². The molecule has 0 spiro atoms. The van der Waals surface area contributed by atoms with E-state index in [1.165, 1.54) is 0 Å². The maximum Gasteiger partial charge on any atom is 0.328 e. The highest BCUT2D eigenvalue weighted by molar-refractivity contribution is 6.31. The summed E-state index contributed by atoms with van der Waals surface area (Å²) in [7, 11) is 1.87. The van der Waals surface area contributed by atoms with Crippen LogP contribution in [0.2, 0.25) is 5.02 Å². The molecule has 14 nitrogen and oxygen atoms in total. The maximum absolute atomic E-state index is 14.0. The van der Waals surface area contributed by atoms with Crippen LogP contribution in [0.5, 0.6) is 11.5 Å². The Kier molecular flexibility index (Phi) is 13.6. The van der Waals surface area contributed by atoms with Crippen molar-refractivity contribution in [2.45, 2.75) is 95.9 Å². The zero-order valence-electron chi connectivity index (χ0n) is 34.5. The summed E-state index contributed by atoms with van der Waals surface area (Å²) in [6, 6.07) is 16.1. The molecular weight excluding hydrogens is 784 g/mol. The van der Waals surface area contributed by atoms with E-state index in [0.29, 0.717) is 45.6 Å². The Balaban J connectivity index is 0.811. The average molecular weight is 837 g/mol. The van der Waals surface area contributed by atoms with Gasteiger partial charge in [0.25, 0.3) is 11.8 Å². The predicted octanol–water partition coefficient (Wildman–Crippen LogP) is 7.10. The van der Waals surface area contributed by atoms with Crippen LogP contribution < -0.4 is 25.0 Å². The zero-order valence-corrected chi connectivity index (χ0v) is 35.2. The number of aromatic nitrogens is 2. The number of imide groups is 1. The second-order valence-corrected chi connectivity index (χ2v) is 16.6. The molecule has 2 aliphatic heterocycles. The molecule has 1 saturated carbocycles. The van der Waals surface area contributed by atoms with E-state index in [4.69, 9.17) is 26.3 Å². The molecular formula is C45H53ClN8O6. The molecule has 4 heterocycles. The van der Waals surface area contributed by atoms with E-state index < -0.39 is 6.03 Å². The topological polar surface area (TPSA) is 162 Å². The fourth-order valence-corrected chi connectivity index (χ4v) is 8.61. The van der Waals surface area contributed by atoms with Crippen molar-refractivity contribution in [1.82, 2.24) is 30.0 Å². The standard InChI is InChI=1S/C45H53ClN8O6/c1-29(2)53-21-16-37-40(53)24-31(25-41(37)54-22-17-42(55)50-45(54)58)44(57)51(3)33-14-19-52(20-15-33)18-4-5-23-59-36-12-13-39(48-28-36)43(56)49-32-7-10-34(11-8-32)60-35-9-6-30(27-47)38(46)26-35/h6,9,12-13,16,21,24-26,28-29,32-34H,4-5,7-8,10-11,14-15,17-20,22-23H2,1-3H3,(H,49,56)(H,50,55,58). The first kappa shape index (κ1) is 42.5. The lowest BCUT2D eigenvalue weighted by molar-refractivity contribution is -0.120. The molecule has 2 aromatic heterocycles. The third-order valence-electron chi connectivity index (χ3n) is 11.9. The van der Waals surface area contributed by atoms with Crippen molar-refractivity contribution in [1.29, 1.82) is 5.26 Å². The molecule has 7 rings (SSSR count). The number of urea groups is 1. The van der Waals surface area contributed by atoms with Gasteiger partial charge in [0.2, 0.25) is 5.91 Å². The number of unbranched alkanes of at least 4 members (excludes halogenated alkanes) is 1. The number of carbonyl (C=O) groups is 4. The summed E-state index contributed by atoms with van der Waals surface area (Å²) >= 11 is 6.14. The maximum atomic E-state index is 14.0. The van der Waals surface area contributed by atoms with E-state index in [-0.39, 0.29) is 54.9 Å². The second-order valence-electron chi connectivity index (χ2n) is 16.2. The van der Waals surface area contributed by atoms with Crippen molar-refractivity contribution in [3.63, 3.8) is 0 Å². The molecule has 0 atom stereocenters. The van der Waals surface area contributed by atoms with Crippen LogP contribution in [0.3, 0.4) is 0 Å². The summed E-state index contributed by atoms with van der Waals surface area (Å²) in [6.45, 7) is 7.69. The number of anilines is 1. The summed E-state index contributed by atoms with van der Waals surface area (Å²) in [6.07, 6.45) is 10.5. The predicted molar refractivity (Wildman–Crippen MR) is 229 cm³/mol. The molecule has 2 aromatic carbocycles. The summed E-state index contributed by atoms with van der Waals surface area (Å²) < 4.78 is 14.1. The normalized spacial score (nSPS) is 18.9. The van der Waals surface area contributed by atoms with Gasteiger partial charge >= 0.3 is 6.03 Å². The number of rotatable bonds is 14. The highest BCUT2D eigenvalue weighted by Crippen LogP contribution is 2.34. The fourth-order valence-electron chi connectivity index (χ4n) is 8.40. The Morgan fingerprint density at radius 2 is 1.77 bits per heavy atom. The van der Waals surface area contributed by atoms with Gasteiger partial charge in [0.1, 0.15) is 23.3 Å². The monoisotopic (exact) mass is 836 g/mol. The number of nitriles is 1. The lowest BCUT2D eigenvalue weighted by Crippen LogP contribution is -2.49. The largest absolute Gasteiger partial charge is 0.492 e. The fraction of sp³-hybridized carbons (Fsp3) is 0.467. The summed E-state index contributed by atoms with van der Waals surface area (Å²) in [4.78, 5) is 61.8. The summed E-state index contributed by atoms with van der Waals surface area (Å²) in [5.41, 5.74) is 2.80. The SMILES string of the molecule is CC(C)n1ccc2c(N3CCC(=O)NC3=O)cc(C(=O)N(C)C3CCN(CCCCOc4ccc(C(=O)NC5CCC(Oc6ccc(C#N)c(Cl)c6)CC5)nc4)CC3)cc21. The second kappa shape index (κ2) is 19.2. The van der Waals surface area contributed by atoms with Crippen LogP contribution in [-0.4, -0.2) is 101 Å². The van der Waals surface area contributed by atoms with Crippen molar-refractivity contribution in [2.75, 3.05) is 44.7 Å².